The number of carbonyl (C=O) groups is 1. The predicted molar refractivity (Wildman–Crippen MR) is 213 cm³/mol. The first-order chi connectivity index (χ1) is 25.8. The van der Waals surface area contributed by atoms with Gasteiger partial charge in [0, 0.05) is 27.6 Å². The molecule has 1 atom stereocenters. The molecule has 0 amide bonds. The van der Waals surface area contributed by atoms with Crippen molar-refractivity contribution in [2.24, 2.45) is 0 Å². The van der Waals surface area contributed by atoms with E-state index in [1.807, 2.05) is 91.0 Å². The van der Waals surface area contributed by atoms with E-state index in [0.29, 0.717) is 56.9 Å². The molecule has 6 aromatic rings. The van der Waals surface area contributed by atoms with Crippen molar-refractivity contribution in [2.45, 2.75) is 52.4 Å². The summed E-state index contributed by atoms with van der Waals surface area (Å²) in [6.07, 6.45) is 0. The molecule has 9 nitrogen and oxygen atoms in total. The molecule has 0 N–H and O–H groups in total. The van der Waals surface area contributed by atoms with Crippen molar-refractivity contribution in [3.8, 4) is 51.4 Å². The van der Waals surface area contributed by atoms with Gasteiger partial charge in [0.05, 0.1) is 19.6 Å². The van der Waals surface area contributed by atoms with Crippen LogP contribution in [-0.2, 0) is 15.4 Å². The fourth-order valence-corrected chi connectivity index (χ4v) is 8.81. The molecule has 0 aliphatic carbocycles. The van der Waals surface area contributed by atoms with Crippen LogP contribution in [0.4, 0.5) is 0 Å². The maximum Gasteiger partial charge on any atom is 0.532 e. The normalized spacial score (nSPS) is 15.4. The highest BCUT2D eigenvalue weighted by Gasteiger charge is 2.38. The third-order valence-electron chi connectivity index (χ3n) is 9.43. The molecule has 54 heavy (non-hydrogen) atoms. The fraction of sp³-hybridized carbons (Fsp3) is 0.233. The molecule has 2 aliphatic heterocycles. The van der Waals surface area contributed by atoms with Gasteiger partial charge in [0.15, 0.2) is 5.75 Å². The second-order valence-electron chi connectivity index (χ2n) is 15.2. The standard InChI is InChI=1S/C43H40O9P2/c1-42(2,3)33-23-27(45-7)21-31(39(33)50-53-47-35-17-11-14-26-15-12-18-36(48-53)37(26)35)32-22-28(46-8)24-34(43(4,5)6)40(32)51-54-49-38-29-16-10-9-13-25(29)19-20-30(38)41(44)52-54/h9-24H,1-8H3. The van der Waals surface area contributed by atoms with Crippen LogP contribution in [0.15, 0.2) is 97.1 Å². The number of hydrogen-bond donors (Lipinski definition) is 0. The second kappa shape index (κ2) is 13.6. The quantitative estimate of drug-likeness (QED) is 0.147. The Kier molecular flexibility index (Phi) is 8.99. The highest BCUT2D eigenvalue weighted by atomic mass is 31.2. The van der Waals surface area contributed by atoms with Gasteiger partial charge in [-0.3, -0.25) is 0 Å². The molecular formula is C43H40O9P2. The number of carbonyl (C=O) groups excluding carboxylic acids is 1. The fourth-order valence-electron chi connectivity index (χ4n) is 6.69. The smallest absolute Gasteiger partial charge is 0.497 e. The van der Waals surface area contributed by atoms with Crippen LogP contribution >= 0.6 is 17.2 Å². The van der Waals surface area contributed by atoms with Crippen LogP contribution in [0, 0.1) is 0 Å². The van der Waals surface area contributed by atoms with Gasteiger partial charge in [-0.25, -0.2) is 4.79 Å². The van der Waals surface area contributed by atoms with Gasteiger partial charge in [0.2, 0.25) is 0 Å². The largest absolute Gasteiger partial charge is 0.532 e. The Bertz CT molecular complexity index is 2410. The van der Waals surface area contributed by atoms with E-state index in [2.05, 4.69) is 41.5 Å². The lowest BCUT2D eigenvalue weighted by atomic mass is 9.81. The van der Waals surface area contributed by atoms with Crippen molar-refractivity contribution in [1.82, 2.24) is 0 Å². The lowest BCUT2D eigenvalue weighted by Gasteiger charge is -2.31. The third kappa shape index (κ3) is 6.50. The second-order valence-corrected chi connectivity index (χ2v) is 17.1. The zero-order valence-electron chi connectivity index (χ0n) is 31.3. The van der Waals surface area contributed by atoms with E-state index in [1.54, 1.807) is 20.3 Å². The average Bonchev–Trinajstić information content (AvgIpc) is 3.14. The molecule has 0 bridgehead atoms. The van der Waals surface area contributed by atoms with Gasteiger partial charge < -0.3 is 36.6 Å². The van der Waals surface area contributed by atoms with Crippen LogP contribution in [0.25, 0.3) is 32.7 Å². The van der Waals surface area contributed by atoms with Crippen molar-refractivity contribution in [3.05, 3.63) is 114 Å². The number of fused-ring (bicyclic) bond motifs is 3. The Morgan fingerprint density at radius 3 is 1.59 bits per heavy atom. The summed E-state index contributed by atoms with van der Waals surface area (Å²) in [6.45, 7) is 12.6. The molecule has 11 heteroatoms. The summed E-state index contributed by atoms with van der Waals surface area (Å²) in [4.78, 5) is 13.5. The van der Waals surface area contributed by atoms with Crippen LogP contribution in [0.5, 0.6) is 40.2 Å². The van der Waals surface area contributed by atoms with Crippen LogP contribution in [-0.4, -0.2) is 20.2 Å². The molecule has 0 saturated heterocycles. The van der Waals surface area contributed by atoms with Crippen molar-refractivity contribution in [3.63, 3.8) is 0 Å². The van der Waals surface area contributed by atoms with E-state index in [4.69, 9.17) is 36.6 Å². The number of methoxy groups -OCH3 is 2. The molecule has 0 aromatic heterocycles. The van der Waals surface area contributed by atoms with E-state index < -0.39 is 34.0 Å². The van der Waals surface area contributed by atoms with E-state index >= 15 is 0 Å². The molecule has 2 heterocycles. The van der Waals surface area contributed by atoms with Crippen LogP contribution in [0.2, 0.25) is 0 Å². The lowest BCUT2D eigenvalue weighted by Crippen LogP contribution is -2.18. The van der Waals surface area contributed by atoms with E-state index in [0.717, 1.165) is 32.7 Å². The third-order valence-corrected chi connectivity index (χ3v) is 11.4. The first-order valence-electron chi connectivity index (χ1n) is 17.5. The van der Waals surface area contributed by atoms with Gasteiger partial charge in [-0.1, -0.05) is 96.1 Å². The van der Waals surface area contributed by atoms with Gasteiger partial charge in [-0.05, 0) is 64.1 Å². The summed E-state index contributed by atoms with van der Waals surface area (Å²) in [7, 11) is -0.967. The van der Waals surface area contributed by atoms with Crippen molar-refractivity contribution in [1.29, 1.82) is 0 Å². The maximum absolute atomic E-state index is 13.5. The molecule has 6 aromatic carbocycles. The summed E-state index contributed by atoms with van der Waals surface area (Å²) >= 11 is 0. The molecule has 0 saturated carbocycles. The summed E-state index contributed by atoms with van der Waals surface area (Å²) in [5.74, 6) is 3.42. The monoisotopic (exact) mass is 762 g/mol. The van der Waals surface area contributed by atoms with Crippen LogP contribution < -0.4 is 32.1 Å². The van der Waals surface area contributed by atoms with E-state index in [1.165, 1.54) is 0 Å². The molecule has 1 unspecified atom stereocenters. The van der Waals surface area contributed by atoms with E-state index in [-0.39, 0.29) is 0 Å². The van der Waals surface area contributed by atoms with Gasteiger partial charge >= 0.3 is 23.2 Å². The minimum Gasteiger partial charge on any atom is -0.497 e. The summed E-state index contributed by atoms with van der Waals surface area (Å²) in [6, 6.07) is 30.8. The molecule has 0 spiro atoms. The van der Waals surface area contributed by atoms with Gasteiger partial charge in [-0.2, -0.15) is 0 Å². The minimum atomic E-state index is -2.25. The number of rotatable bonds is 7. The number of hydrogen-bond acceptors (Lipinski definition) is 9. The number of benzene rings is 6. The summed E-state index contributed by atoms with van der Waals surface area (Å²) in [5.41, 5.74) is 2.34. The van der Waals surface area contributed by atoms with Gasteiger partial charge in [0.25, 0.3) is 0 Å². The van der Waals surface area contributed by atoms with Crippen LogP contribution in [0.3, 0.4) is 0 Å². The van der Waals surface area contributed by atoms with Crippen molar-refractivity contribution in [2.75, 3.05) is 14.2 Å². The summed E-state index contributed by atoms with van der Waals surface area (Å²) in [5, 5.41) is 3.63. The maximum atomic E-state index is 13.5. The van der Waals surface area contributed by atoms with Gasteiger partial charge in [0.1, 0.15) is 40.1 Å². The molecule has 0 radical (unpaired) electrons. The Balaban J connectivity index is 1.30. The molecular weight excluding hydrogens is 722 g/mol. The Hall–Kier alpha value is -5.23. The first kappa shape index (κ1) is 35.8. The van der Waals surface area contributed by atoms with Gasteiger partial charge in [-0.15, -0.1) is 0 Å². The van der Waals surface area contributed by atoms with Crippen LogP contribution in [0.1, 0.15) is 63.0 Å². The predicted octanol–water partition coefficient (Wildman–Crippen LogP) is 12.2. The minimum absolute atomic E-state index is 0.340. The zero-order valence-corrected chi connectivity index (χ0v) is 33.1. The van der Waals surface area contributed by atoms with Crippen molar-refractivity contribution >= 4 is 44.7 Å². The highest BCUT2D eigenvalue weighted by Crippen LogP contribution is 2.58. The Labute approximate surface area is 317 Å². The molecule has 2 aliphatic rings. The Morgan fingerprint density at radius 2 is 1.06 bits per heavy atom. The lowest BCUT2D eigenvalue weighted by molar-refractivity contribution is 0.0698. The summed E-state index contributed by atoms with van der Waals surface area (Å²) < 4.78 is 50.7. The zero-order chi connectivity index (χ0) is 37.9. The average molecular weight is 763 g/mol. The highest BCUT2D eigenvalue weighted by molar-refractivity contribution is 7.43. The first-order valence-corrected chi connectivity index (χ1v) is 19.7. The molecule has 0 fully saturated rings. The molecule has 8 rings (SSSR count). The molecule has 276 valence electrons. The van der Waals surface area contributed by atoms with Crippen molar-refractivity contribution < 1.29 is 41.4 Å². The number of ether oxygens (including phenoxy) is 2. The topological polar surface area (TPSA) is 90.9 Å². The Morgan fingerprint density at radius 1 is 0.537 bits per heavy atom. The SMILES string of the molecule is COc1cc(-c2cc(OC)cc(C(C)(C)C)c2OP2Oc3cccc4cccc(c34)O2)c(OP2OC(=O)c3ccc4ccccc4c3O2)c(C(C)(C)C)c1. The van der Waals surface area contributed by atoms with E-state index in [9.17, 15) is 4.79 Å².